The molecule has 0 radical (unpaired) electrons. The number of barbiturate groups is 1. The zero-order valence-corrected chi connectivity index (χ0v) is 19.2. The molecule has 3 aromatic carbocycles. The molecule has 172 valence electrons. The normalized spacial score (nSPS) is 18.1. The van der Waals surface area contributed by atoms with Gasteiger partial charge in [-0.25, -0.2) is 4.79 Å². The molecule has 7 heteroatoms. The molecule has 0 atom stereocenters. The van der Waals surface area contributed by atoms with Gasteiger partial charge < -0.3 is 4.74 Å². The van der Waals surface area contributed by atoms with E-state index in [-0.39, 0.29) is 11.6 Å². The maximum Gasteiger partial charge on any atom is 0.331 e. The molecule has 1 heterocycles. The number of carbonyl (C=O) groups is 3. The van der Waals surface area contributed by atoms with Crippen LogP contribution < -0.4 is 10.1 Å². The predicted molar refractivity (Wildman–Crippen MR) is 130 cm³/mol. The van der Waals surface area contributed by atoms with Crippen LogP contribution in [0.15, 0.2) is 66.2 Å². The van der Waals surface area contributed by atoms with Crippen LogP contribution >= 0.6 is 11.6 Å². The first kappa shape index (κ1) is 22.2. The zero-order valence-electron chi connectivity index (χ0n) is 18.4. The van der Waals surface area contributed by atoms with Gasteiger partial charge in [-0.1, -0.05) is 66.9 Å². The first-order valence-corrected chi connectivity index (χ1v) is 11.7. The Morgan fingerprint density at radius 2 is 1.71 bits per heavy atom. The molecule has 6 nitrogen and oxygen atoms in total. The Morgan fingerprint density at radius 1 is 0.971 bits per heavy atom. The van der Waals surface area contributed by atoms with Crippen LogP contribution in [-0.4, -0.2) is 28.8 Å². The number of ether oxygens (including phenoxy) is 1. The number of rotatable bonds is 5. The SMILES string of the molecule is O=C1NC(=O)N(C2CCCC2)C(=O)/C1=C/c1c(OCc2ccc(Cl)cc2)ccc2ccccc12. The zero-order chi connectivity index (χ0) is 23.7. The van der Waals surface area contributed by atoms with Crippen molar-refractivity contribution in [3.63, 3.8) is 0 Å². The third-order valence-corrected chi connectivity index (χ3v) is 6.60. The van der Waals surface area contributed by atoms with E-state index in [4.69, 9.17) is 16.3 Å². The minimum Gasteiger partial charge on any atom is -0.488 e. The first-order valence-electron chi connectivity index (χ1n) is 11.3. The lowest BCUT2D eigenvalue weighted by atomic mass is 9.99. The quantitative estimate of drug-likeness (QED) is 0.392. The molecule has 1 aliphatic heterocycles. The fourth-order valence-corrected chi connectivity index (χ4v) is 4.73. The van der Waals surface area contributed by atoms with Crippen molar-refractivity contribution >= 4 is 46.3 Å². The van der Waals surface area contributed by atoms with Crippen LogP contribution in [0.2, 0.25) is 5.02 Å². The summed E-state index contributed by atoms with van der Waals surface area (Å²) < 4.78 is 6.12. The van der Waals surface area contributed by atoms with Gasteiger partial charge in [-0.2, -0.15) is 0 Å². The van der Waals surface area contributed by atoms with Crippen molar-refractivity contribution in [3.8, 4) is 5.75 Å². The van der Waals surface area contributed by atoms with Crippen LogP contribution in [0.3, 0.4) is 0 Å². The summed E-state index contributed by atoms with van der Waals surface area (Å²) in [5.41, 5.74) is 1.48. The number of nitrogens with one attached hydrogen (secondary N) is 1. The molecule has 4 amide bonds. The fraction of sp³-hybridized carbons (Fsp3) is 0.222. The summed E-state index contributed by atoms with van der Waals surface area (Å²) in [6, 6.07) is 18.0. The van der Waals surface area contributed by atoms with Gasteiger partial charge in [0, 0.05) is 16.6 Å². The fourth-order valence-electron chi connectivity index (χ4n) is 4.60. The highest BCUT2D eigenvalue weighted by atomic mass is 35.5. The minimum atomic E-state index is -0.694. The van der Waals surface area contributed by atoms with Crippen LogP contribution in [0.5, 0.6) is 5.75 Å². The van der Waals surface area contributed by atoms with Crippen molar-refractivity contribution in [2.24, 2.45) is 0 Å². The van der Waals surface area contributed by atoms with Crippen molar-refractivity contribution in [1.82, 2.24) is 10.2 Å². The highest BCUT2D eigenvalue weighted by molar-refractivity contribution is 6.31. The lowest BCUT2D eigenvalue weighted by molar-refractivity contribution is -0.131. The van der Waals surface area contributed by atoms with E-state index in [1.807, 2.05) is 48.5 Å². The van der Waals surface area contributed by atoms with Crippen LogP contribution in [-0.2, 0) is 16.2 Å². The molecular weight excluding hydrogens is 452 g/mol. The predicted octanol–water partition coefficient (Wildman–Crippen LogP) is 5.48. The monoisotopic (exact) mass is 474 g/mol. The number of hydrogen-bond donors (Lipinski definition) is 1. The topological polar surface area (TPSA) is 75.7 Å². The second-order valence-electron chi connectivity index (χ2n) is 8.54. The van der Waals surface area contributed by atoms with Crippen molar-refractivity contribution in [2.75, 3.05) is 0 Å². The van der Waals surface area contributed by atoms with Crippen molar-refractivity contribution in [1.29, 1.82) is 0 Å². The molecule has 0 spiro atoms. The molecule has 2 aliphatic rings. The molecule has 0 bridgehead atoms. The maximum absolute atomic E-state index is 13.3. The van der Waals surface area contributed by atoms with Gasteiger partial charge >= 0.3 is 6.03 Å². The molecule has 1 saturated carbocycles. The Bertz CT molecular complexity index is 1310. The van der Waals surface area contributed by atoms with Crippen LogP contribution in [0.1, 0.15) is 36.8 Å². The lowest BCUT2D eigenvalue weighted by Gasteiger charge is -2.31. The molecule has 2 fully saturated rings. The van der Waals surface area contributed by atoms with E-state index in [1.54, 1.807) is 18.2 Å². The Balaban J connectivity index is 1.55. The highest BCUT2D eigenvalue weighted by Gasteiger charge is 2.40. The summed E-state index contributed by atoms with van der Waals surface area (Å²) in [7, 11) is 0. The van der Waals surface area contributed by atoms with Crippen LogP contribution in [0, 0.1) is 0 Å². The Hall–Kier alpha value is -3.64. The third kappa shape index (κ3) is 4.29. The summed E-state index contributed by atoms with van der Waals surface area (Å²) in [5.74, 6) is -0.718. The number of benzene rings is 3. The first-order chi connectivity index (χ1) is 16.5. The Labute approximate surface area is 202 Å². The maximum atomic E-state index is 13.3. The number of nitrogens with zero attached hydrogens (tertiary/aromatic N) is 1. The highest BCUT2D eigenvalue weighted by Crippen LogP contribution is 2.33. The summed E-state index contributed by atoms with van der Waals surface area (Å²) >= 11 is 5.98. The summed E-state index contributed by atoms with van der Waals surface area (Å²) in [6.07, 6.45) is 4.97. The number of urea groups is 1. The third-order valence-electron chi connectivity index (χ3n) is 6.35. The van der Waals surface area contributed by atoms with Crippen molar-refractivity contribution < 1.29 is 19.1 Å². The summed E-state index contributed by atoms with van der Waals surface area (Å²) in [6.45, 7) is 0.290. The molecule has 1 N–H and O–H groups in total. The van der Waals surface area contributed by atoms with Crippen LogP contribution in [0.25, 0.3) is 16.8 Å². The number of hydrogen-bond acceptors (Lipinski definition) is 4. The summed E-state index contributed by atoms with van der Waals surface area (Å²) in [5, 5.41) is 4.77. The lowest BCUT2D eigenvalue weighted by Crippen LogP contribution is -2.57. The van der Waals surface area contributed by atoms with Gasteiger partial charge in [0.25, 0.3) is 11.8 Å². The van der Waals surface area contributed by atoms with E-state index < -0.39 is 17.8 Å². The molecular formula is C27H23ClN2O4. The van der Waals surface area contributed by atoms with Gasteiger partial charge in [-0.05, 0) is 53.5 Å². The van der Waals surface area contributed by atoms with Crippen molar-refractivity contribution in [3.05, 3.63) is 82.4 Å². The van der Waals surface area contributed by atoms with E-state index in [0.717, 1.165) is 42.0 Å². The van der Waals surface area contributed by atoms with E-state index in [2.05, 4.69) is 5.32 Å². The molecule has 0 aromatic heterocycles. The van der Waals surface area contributed by atoms with E-state index in [1.165, 1.54) is 4.90 Å². The summed E-state index contributed by atoms with van der Waals surface area (Å²) in [4.78, 5) is 39.7. The molecule has 3 aromatic rings. The molecule has 34 heavy (non-hydrogen) atoms. The van der Waals surface area contributed by atoms with Gasteiger partial charge in [0.15, 0.2) is 0 Å². The smallest absolute Gasteiger partial charge is 0.331 e. The number of carbonyl (C=O) groups excluding carboxylic acids is 3. The van der Waals surface area contributed by atoms with Crippen molar-refractivity contribution in [2.45, 2.75) is 38.3 Å². The van der Waals surface area contributed by atoms with E-state index >= 15 is 0 Å². The van der Waals surface area contributed by atoms with Gasteiger partial charge in [-0.15, -0.1) is 0 Å². The molecule has 5 rings (SSSR count). The van der Waals surface area contributed by atoms with Gasteiger partial charge in [0.05, 0.1) is 0 Å². The second-order valence-corrected chi connectivity index (χ2v) is 8.98. The average molecular weight is 475 g/mol. The molecule has 1 saturated heterocycles. The van der Waals surface area contributed by atoms with E-state index in [0.29, 0.717) is 22.9 Å². The number of amides is 4. The van der Waals surface area contributed by atoms with E-state index in [9.17, 15) is 14.4 Å². The van der Waals surface area contributed by atoms with Gasteiger partial charge in [-0.3, -0.25) is 19.8 Å². The van der Waals surface area contributed by atoms with Gasteiger partial charge in [0.2, 0.25) is 0 Å². The molecule has 0 unspecified atom stereocenters. The standard InChI is InChI=1S/C27H23ClN2O4/c28-19-12-9-17(10-13-19)16-34-24-14-11-18-5-1-4-8-21(18)22(24)15-23-25(31)29-27(33)30(26(23)32)20-6-2-3-7-20/h1,4-5,8-15,20H,2-3,6-7,16H2,(H,29,31,33)/b23-15+. The minimum absolute atomic E-state index is 0.0702. The second kappa shape index (κ2) is 9.31. The van der Waals surface area contributed by atoms with Gasteiger partial charge in [0.1, 0.15) is 17.9 Å². The number of imide groups is 2. The average Bonchev–Trinajstić information content (AvgIpc) is 3.36. The Kier molecular flexibility index (Phi) is 6.07. The van der Waals surface area contributed by atoms with Crippen LogP contribution in [0.4, 0.5) is 4.79 Å². The Morgan fingerprint density at radius 3 is 2.47 bits per heavy atom. The molecule has 1 aliphatic carbocycles. The number of halogens is 1. The largest absolute Gasteiger partial charge is 0.488 e. The number of fused-ring (bicyclic) bond motifs is 1.